The van der Waals surface area contributed by atoms with Crippen molar-refractivity contribution in [2.24, 2.45) is 5.73 Å². The first kappa shape index (κ1) is 11.6. The van der Waals surface area contributed by atoms with E-state index < -0.39 is 17.7 Å². The van der Waals surface area contributed by atoms with Crippen LogP contribution in [0.1, 0.15) is 18.1 Å². The van der Waals surface area contributed by atoms with Crippen LogP contribution < -0.4 is 5.73 Å². The maximum absolute atomic E-state index is 13.3. The highest BCUT2D eigenvalue weighted by molar-refractivity contribution is 9.10. The molecular formula is C9H10BrF2NO. The third kappa shape index (κ3) is 2.29. The summed E-state index contributed by atoms with van der Waals surface area (Å²) in [6.07, 6.45) is -0.744. The first-order valence-corrected chi connectivity index (χ1v) is 4.88. The predicted octanol–water partition coefficient (Wildman–Crippen LogP) is 2.11. The zero-order valence-corrected chi connectivity index (χ0v) is 8.89. The van der Waals surface area contributed by atoms with E-state index in [1.54, 1.807) is 0 Å². The molecule has 0 aliphatic carbocycles. The van der Waals surface area contributed by atoms with E-state index in [1.165, 1.54) is 6.07 Å². The molecular weight excluding hydrogens is 256 g/mol. The second kappa shape index (κ2) is 4.82. The monoisotopic (exact) mass is 265 g/mol. The lowest BCUT2D eigenvalue weighted by Gasteiger charge is -2.11. The lowest BCUT2D eigenvalue weighted by molar-refractivity contribution is 0.165. The normalized spacial score (nSPS) is 12.9. The molecule has 1 atom stereocenters. The summed E-state index contributed by atoms with van der Waals surface area (Å²) in [5.74, 6) is -1.46. The minimum absolute atomic E-state index is 0.0590. The molecule has 0 fully saturated rings. The third-order valence-electron chi connectivity index (χ3n) is 1.86. The molecule has 0 heterocycles. The Hall–Kier alpha value is -0.520. The van der Waals surface area contributed by atoms with Crippen molar-refractivity contribution < 1.29 is 13.9 Å². The van der Waals surface area contributed by atoms with E-state index in [0.29, 0.717) is 0 Å². The van der Waals surface area contributed by atoms with Crippen LogP contribution in [0, 0.1) is 11.6 Å². The second-order valence-corrected chi connectivity index (χ2v) is 3.65. The molecule has 1 aromatic carbocycles. The minimum atomic E-state index is -0.989. The summed E-state index contributed by atoms with van der Waals surface area (Å²) in [5, 5.41) is 9.45. The summed E-state index contributed by atoms with van der Waals surface area (Å²) in [6.45, 7) is 0.246. The van der Waals surface area contributed by atoms with Gasteiger partial charge in [0.2, 0.25) is 0 Å². The molecule has 1 rings (SSSR count). The van der Waals surface area contributed by atoms with Crippen molar-refractivity contribution in [1.29, 1.82) is 0 Å². The highest BCUT2D eigenvalue weighted by atomic mass is 79.9. The molecule has 0 aromatic heterocycles. The van der Waals surface area contributed by atoms with Crippen molar-refractivity contribution in [3.05, 3.63) is 33.8 Å². The van der Waals surface area contributed by atoms with Gasteiger partial charge in [-0.3, -0.25) is 0 Å². The van der Waals surface area contributed by atoms with Crippen molar-refractivity contribution in [2.75, 3.05) is 6.54 Å². The van der Waals surface area contributed by atoms with Crippen LogP contribution >= 0.6 is 15.9 Å². The first-order valence-electron chi connectivity index (χ1n) is 4.09. The molecule has 0 spiro atoms. The van der Waals surface area contributed by atoms with Gasteiger partial charge in [-0.2, -0.15) is 0 Å². The third-order valence-corrected chi connectivity index (χ3v) is 2.59. The van der Waals surface area contributed by atoms with Crippen LogP contribution in [-0.4, -0.2) is 11.7 Å². The number of benzene rings is 1. The second-order valence-electron chi connectivity index (χ2n) is 2.86. The van der Waals surface area contributed by atoms with E-state index in [0.717, 1.165) is 6.07 Å². The maximum Gasteiger partial charge on any atom is 0.146 e. The van der Waals surface area contributed by atoms with Crippen LogP contribution in [0.4, 0.5) is 8.78 Å². The highest BCUT2D eigenvalue weighted by Crippen LogP contribution is 2.27. The Morgan fingerprint density at radius 3 is 2.64 bits per heavy atom. The molecule has 1 aromatic rings. The van der Waals surface area contributed by atoms with Crippen LogP contribution in [0.2, 0.25) is 0 Å². The van der Waals surface area contributed by atoms with Gasteiger partial charge >= 0.3 is 0 Å². The fourth-order valence-electron chi connectivity index (χ4n) is 1.11. The molecule has 0 unspecified atom stereocenters. The number of rotatable bonds is 3. The molecule has 14 heavy (non-hydrogen) atoms. The summed E-state index contributed by atoms with van der Waals surface area (Å²) in [6, 6.07) is 2.32. The number of nitrogens with two attached hydrogens (primary N) is 1. The average molecular weight is 266 g/mol. The average Bonchev–Trinajstić information content (AvgIpc) is 2.15. The topological polar surface area (TPSA) is 46.2 Å². The Morgan fingerprint density at radius 1 is 1.43 bits per heavy atom. The van der Waals surface area contributed by atoms with E-state index in [-0.39, 0.29) is 23.0 Å². The van der Waals surface area contributed by atoms with Crippen molar-refractivity contribution in [3.63, 3.8) is 0 Å². The Morgan fingerprint density at radius 2 is 2.07 bits per heavy atom. The molecule has 0 amide bonds. The standard InChI is InChI=1S/C9H10BrF2NO/c10-8-6(11)2-1-5(9(8)12)7(14)3-4-13/h1-2,7,14H,3-4,13H2/t7-/m0/s1. The van der Waals surface area contributed by atoms with Gasteiger partial charge in [0.15, 0.2) is 0 Å². The molecule has 2 nitrogen and oxygen atoms in total. The maximum atomic E-state index is 13.3. The van der Waals surface area contributed by atoms with Gasteiger partial charge in [0.05, 0.1) is 10.6 Å². The van der Waals surface area contributed by atoms with Crippen molar-refractivity contribution >= 4 is 15.9 Å². The Labute approximate surface area is 88.9 Å². The van der Waals surface area contributed by atoms with Crippen molar-refractivity contribution in [3.8, 4) is 0 Å². The lowest BCUT2D eigenvalue weighted by atomic mass is 10.1. The van der Waals surface area contributed by atoms with Crippen molar-refractivity contribution in [1.82, 2.24) is 0 Å². The Kier molecular flexibility index (Phi) is 3.97. The van der Waals surface area contributed by atoms with Gasteiger partial charge in [0.25, 0.3) is 0 Å². The summed E-state index contributed by atoms with van der Waals surface area (Å²) in [4.78, 5) is 0. The zero-order valence-electron chi connectivity index (χ0n) is 7.30. The lowest BCUT2D eigenvalue weighted by Crippen LogP contribution is -2.08. The van der Waals surface area contributed by atoms with Gasteiger partial charge in [-0.05, 0) is 35.0 Å². The first-order chi connectivity index (χ1) is 6.57. The Bertz CT molecular complexity index is 333. The van der Waals surface area contributed by atoms with E-state index in [4.69, 9.17) is 5.73 Å². The van der Waals surface area contributed by atoms with Gasteiger partial charge in [0.1, 0.15) is 11.6 Å². The quantitative estimate of drug-likeness (QED) is 0.823. The molecule has 78 valence electrons. The largest absolute Gasteiger partial charge is 0.388 e. The predicted molar refractivity (Wildman–Crippen MR) is 52.7 cm³/mol. The number of halogens is 3. The molecule has 0 saturated heterocycles. The number of hydrogen-bond donors (Lipinski definition) is 2. The molecule has 5 heteroatoms. The van der Waals surface area contributed by atoms with Gasteiger partial charge in [-0.1, -0.05) is 6.07 Å². The highest BCUT2D eigenvalue weighted by Gasteiger charge is 2.16. The minimum Gasteiger partial charge on any atom is -0.388 e. The van der Waals surface area contributed by atoms with Crippen LogP contribution in [0.15, 0.2) is 16.6 Å². The van der Waals surface area contributed by atoms with Crippen LogP contribution in [0.3, 0.4) is 0 Å². The molecule has 3 N–H and O–H groups in total. The Balaban J connectivity index is 3.04. The molecule has 0 saturated carbocycles. The zero-order chi connectivity index (χ0) is 10.7. The summed E-state index contributed by atoms with van der Waals surface area (Å²) in [5.41, 5.74) is 5.28. The number of hydrogen-bond acceptors (Lipinski definition) is 2. The van der Waals surface area contributed by atoms with Gasteiger partial charge in [0, 0.05) is 5.56 Å². The number of aliphatic hydroxyl groups is 1. The molecule has 0 aliphatic heterocycles. The molecule has 0 aliphatic rings. The molecule has 0 radical (unpaired) electrons. The van der Waals surface area contributed by atoms with Crippen LogP contribution in [-0.2, 0) is 0 Å². The van der Waals surface area contributed by atoms with Gasteiger partial charge in [-0.25, -0.2) is 8.78 Å². The van der Waals surface area contributed by atoms with Gasteiger partial charge in [-0.15, -0.1) is 0 Å². The van der Waals surface area contributed by atoms with Crippen molar-refractivity contribution in [2.45, 2.75) is 12.5 Å². The fraction of sp³-hybridized carbons (Fsp3) is 0.333. The summed E-state index contributed by atoms with van der Waals surface area (Å²) in [7, 11) is 0. The van der Waals surface area contributed by atoms with Crippen LogP contribution in [0.25, 0.3) is 0 Å². The van der Waals surface area contributed by atoms with Crippen LogP contribution in [0.5, 0.6) is 0 Å². The van der Waals surface area contributed by atoms with E-state index >= 15 is 0 Å². The van der Waals surface area contributed by atoms with E-state index in [1.807, 2.05) is 0 Å². The SMILES string of the molecule is NCC[C@H](O)c1ccc(F)c(Br)c1F. The summed E-state index contributed by atoms with van der Waals surface area (Å²) < 4.78 is 25.9. The fourth-order valence-corrected chi connectivity index (χ4v) is 1.47. The number of aliphatic hydroxyl groups excluding tert-OH is 1. The smallest absolute Gasteiger partial charge is 0.146 e. The van der Waals surface area contributed by atoms with Gasteiger partial charge < -0.3 is 10.8 Å². The molecule has 0 bridgehead atoms. The summed E-state index contributed by atoms with van der Waals surface area (Å²) >= 11 is 2.76. The van der Waals surface area contributed by atoms with E-state index in [2.05, 4.69) is 15.9 Å². The van der Waals surface area contributed by atoms with E-state index in [9.17, 15) is 13.9 Å².